The third-order valence-corrected chi connectivity index (χ3v) is 4.15. The molecule has 2 aromatic heterocycles. The van der Waals surface area contributed by atoms with E-state index in [4.69, 9.17) is 0 Å². The number of H-pyrrole nitrogens is 1. The molecule has 0 aromatic carbocycles. The molecule has 0 unspecified atom stereocenters. The highest BCUT2D eigenvalue weighted by Crippen LogP contribution is 2.28. The van der Waals surface area contributed by atoms with E-state index in [9.17, 15) is 14.7 Å². The fourth-order valence-corrected chi connectivity index (χ4v) is 3.15. The summed E-state index contributed by atoms with van der Waals surface area (Å²) >= 11 is 0. The number of fused-ring (bicyclic) bond motifs is 1. The van der Waals surface area contributed by atoms with Crippen molar-refractivity contribution in [3.05, 3.63) is 41.0 Å². The van der Waals surface area contributed by atoms with E-state index in [-0.39, 0.29) is 5.69 Å². The quantitative estimate of drug-likeness (QED) is 0.870. The number of carboxylic acids is 1. The number of nitrogens with zero attached hydrogens (tertiary/aromatic N) is 4. The van der Waals surface area contributed by atoms with E-state index in [1.54, 1.807) is 13.0 Å². The van der Waals surface area contributed by atoms with Crippen LogP contribution in [-0.2, 0) is 17.6 Å². The maximum Gasteiger partial charge on any atom is 0.332 e. The lowest BCUT2D eigenvalue weighted by Gasteiger charge is -2.32. The lowest BCUT2D eigenvalue weighted by Crippen LogP contribution is -2.44. The summed E-state index contributed by atoms with van der Waals surface area (Å²) in [5.74, 6) is -0.609. The van der Waals surface area contributed by atoms with Gasteiger partial charge in [-0.3, -0.25) is 4.79 Å². The number of carbonyl (C=O) groups is 2. The molecule has 8 heteroatoms. The molecule has 0 bridgehead atoms. The molecule has 3 heterocycles. The highest BCUT2D eigenvalue weighted by molar-refractivity contribution is 5.95. The van der Waals surface area contributed by atoms with E-state index in [1.165, 1.54) is 11.2 Å². The van der Waals surface area contributed by atoms with Crippen LogP contribution in [0.4, 0.5) is 0 Å². The first kappa shape index (κ1) is 17.1. The normalized spacial score (nSPS) is 16.8. The maximum atomic E-state index is 13.0. The van der Waals surface area contributed by atoms with Crippen molar-refractivity contribution in [2.75, 3.05) is 6.54 Å². The highest BCUT2D eigenvalue weighted by atomic mass is 16.4. The van der Waals surface area contributed by atoms with Gasteiger partial charge in [-0.25, -0.2) is 19.7 Å². The van der Waals surface area contributed by atoms with Crippen LogP contribution in [0.2, 0.25) is 0 Å². The summed E-state index contributed by atoms with van der Waals surface area (Å²) in [4.78, 5) is 41.7. The number of hydrogen-bond donors (Lipinski definition) is 2. The van der Waals surface area contributed by atoms with Crippen LogP contribution < -0.4 is 0 Å². The van der Waals surface area contributed by atoms with E-state index < -0.39 is 17.9 Å². The van der Waals surface area contributed by atoms with Crippen molar-refractivity contribution in [2.24, 2.45) is 5.92 Å². The van der Waals surface area contributed by atoms with Gasteiger partial charge >= 0.3 is 5.97 Å². The number of aromatic nitrogens is 4. The summed E-state index contributed by atoms with van der Waals surface area (Å²) in [5.41, 5.74) is 2.17. The molecule has 1 aliphatic rings. The maximum absolute atomic E-state index is 13.0. The van der Waals surface area contributed by atoms with E-state index in [2.05, 4.69) is 33.8 Å². The summed E-state index contributed by atoms with van der Waals surface area (Å²) in [7, 11) is 0. The molecule has 0 spiro atoms. The molecule has 0 radical (unpaired) electrons. The van der Waals surface area contributed by atoms with Gasteiger partial charge in [0, 0.05) is 24.4 Å². The van der Waals surface area contributed by atoms with Gasteiger partial charge in [-0.2, -0.15) is 0 Å². The van der Waals surface area contributed by atoms with E-state index in [0.29, 0.717) is 30.4 Å². The van der Waals surface area contributed by atoms with Gasteiger partial charge in [-0.1, -0.05) is 13.8 Å². The van der Waals surface area contributed by atoms with Crippen LogP contribution in [0.3, 0.4) is 0 Å². The number of imidazole rings is 1. The average Bonchev–Trinajstić information content (AvgIpc) is 3.00. The smallest absolute Gasteiger partial charge is 0.332 e. The number of amides is 1. The van der Waals surface area contributed by atoms with Crippen molar-refractivity contribution in [1.29, 1.82) is 0 Å². The number of hydrogen-bond acceptors (Lipinski definition) is 5. The Hall–Kier alpha value is -2.77. The monoisotopic (exact) mass is 343 g/mol. The highest BCUT2D eigenvalue weighted by Gasteiger charge is 2.38. The number of aryl methyl sites for hydroxylation is 1. The number of aromatic amines is 1. The number of rotatable bonds is 4. The van der Waals surface area contributed by atoms with Crippen LogP contribution in [0.1, 0.15) is 53.3 Å². The van der Waals surface area contributed by atoms with Gasteiger partial charge in [0.1, 0.15) is 11.5 Å². The van der Waals surface area contributed by atoms with Crippen LogP contribution in [0, 0.1) is 12.8 Å². The second-order valence-electron chi connectivity index (χ2n) is 6.65. The number of aliphatic carboxylic acids is 1. The fourth-order valence-electron chi connectivity index (χ4n) is 3.15. The van der Waals surface area contributed by atoms with Crippen LogP contribution in [-0.4, -0.2) is 48.4 Å². The molecule has 1 atom stereocenters. The van der Waals surface area contributed by atoms with Gasteiger partial charge in [-0.05, 0) is 25.3 Å². The molecule has 0 saturated carbocycles. The average molecular weight is 343 g/mol. The molecular weight excluding hydrogens is 322 g/mol. The number of nitrogens with one attached hydrogen (secondary N) is 1. The molecule has 1 amide bonds. The minimum Gasteiger partial charge on any atom is -0.479 e. The zero-order chi connectivity index (χ0) is 18.1. The van der Waals surface area contributed by atoms with E-state index >= 15 is 0 Å². The molecule has 0 aliphatic carbocycles. The summed E-state index contributed by atoms with van der Waals surface area (Å²) in [6, 6.07) is 0.556. The lowest BCUT2D eigenvalue weighted by molar-refractivity contribution is -0.143. The predicted molar refractivity (Wildman–Crippen MR) is 89.0 cm³/mol. The molecule has 2 N–H and O–H groups in total. The van der Waals surface area contributed by atoms with Crippen LogP contribution in [0.5, 0.6) is 0 Å². The van der Waals surface area contributed by atoms with E-state index in [0.717, 1.165) is 17.8 Å². The molecule has 2 aromatic rings. The number of carboxylic acid groups (broad SMARTS) is 1. The first-order chi connectivity index (χ1) is 11.9. The SMILES string of the molecule is Cc1nc(CC(C)C)cc(C(=O)N2CCc3[nH]cnc3[C@@H]2C(=O)O)n1. The molecule has 3 rings (SSSR count). The zero-order valence-electron chi connectivity index (χ0n) is 14.5. The Labute approximate surface area is 145 Å². The molecule has 0 saturated heterocycles. The van der Waals surface area contributed by atoms with Crippen LogP contribution >= 0.6 is 0 Å². The molecule has 1 aliphatic heterocycles. The van der Waals surface area contributed by atoms with Gasteiger partial charge < -0.3 is 15.0 Å². The Kier molecular flexibility index (Phi) is 4.52. The Morgan fingerprint density at radius 3 is 2.84 bits per heavy atom. The topological polar surface area (TPSA) is 112 Å². The zero-order valence-corrected chi connectivity index (χ0v) is 14.5. The predicted octanol–water partition coefficient (Wildman–Crippen LogP) is 1.53. The van der Waals surface area contributed by atoms with Gasteiger partial charge in [0.25, 0.3) is 5.91 Å². The first-order valence-corrected chi connectivity index (χ1v) is 8.27. The minimum atomic E-state index is -1.11. The molecular formula is C17H21N5O3. The standard InChI is InChI=1S/C17H21N5O3/c1-9(2)6-11-7-13(21-10(3)20-11)16(23)22-5-4-12-14(19-8-18-12)15(22)17(24)25/h7-9,15H,4-6H2,1-3H3,(H,18,19)(H,24,25)/t15-/m1/s1. The fraction of sp³-hybridized carbons (Fsp3) is 0.471. The Morgan fingerprint density at radius 1 is 1.40 bits per heavy atom. The summed E-state index contributed by atoms with van der Waals surface area (Å²) < 4.78 is 0. The molecule has 132 valence electrons. The summed E-state index contributed by atoms with van der Waals surface area (Å²) in [6.07, 6.45) is 2.73. The van der Waals surface area contributed by atoms with E-state index in [1.807, 2.05) is 0 Å². The van der Waals surface area contributed by atoms with Crippen LogP contribution in [0.25, 0.3) is 0 Å². The second-order valence-corrected chi connectivity index (χ2v) is 6.65. The van der Waals surface area contributed by atoms with Crippen molar-refractivity contribution < 1.29 is 14.7 Å². The van der Waals surface area contributed by atoms with Gasteiger partial charge in [-0.15, -0.1) is 0 Å². The summed E-state index contributed by atoms with van der Waals surface area (Å²) in [5, 5.41) is 9.62. The lowest BCUT2D eigenvalue weighted by atomic mass is 10.0. The van der Waals surface area contributed by atoms with Gasteiger partial charge in [0.15, 0.2) is 6.04 Å². The van der Waals surface area contributed by atoms with Gasteiger partial charge in [0.2, 0.25) is 0 Å². The van der Waals surface area contributed by atoms with Crippen molar-refractivity contribution in [1.82, 2.24) is 24.8 Å². The minimum absolute atomic E-state index is 0.230. The van der Waals surface area contributed by atoms with Crippen molar-refractivity contribution in [3.63, 3.8) is 0 Å². The Bertz CT molecular complexity index is 814. The number of carbonyl (C=O) groups excluding carboxylic acids is 1. The molecule has 8 nitrogen and oxygen atoms in total. The molecule has 25 heavy (non-hydrogen) atoms. The second kappa shape index (κ2) is 6.62. The van der Waals surface area contributed by atoms with Crippen molar-refractivity contribution >= 4 is 11.9 Å². The molecule has 0 fully saturated rings. The third kappa shape index (κ3) is 3.38. The first-order valence-electron chi connectivity index (χ1n) is 8.27. The summed E-state index contributed by atoms with van der Waals surface area (Å²) in [6.45, 7) is 6.18. The third-order valence-electron chi connectivity index (χ3n) is 4.15. The van der Waals surface area contributed by atoms with Crippen molar-refractivity contribution in [2.45, 2.75) is 39.7 Å². The largest absolute Gasteiger partial charge is 0.479 e. The van der Waals surface area contributed by atoms with Gasteiger partial charge in [0.05, 0.1) is 12.0 Å². The Morgan fingerprint density at radius 2 is 2.16 bits per heavy atom. The van der Waals surface area contributed by atoms with Crippen molar-refractivity contribution in [3.8, 4) is 0 Å². The Balaban J connectivity index is 1.95. The van der Waals surface area contributed by atoms with Crippen LogP contribution in [0.15, 0.2) is 12.4 Å².